The third kappa shape index (κ3) is 3.68. The largest absolute Gasteiger partial charge is 0.331 e. The first-order valence-electron chi connectivity index (χ1n) is 7.37. The normalized spacial score (nSPS) is 13.1. The number of rotatable bonds is 6. The van der Waals surface area contributed by atoms with Gasteiger partial charge in [0.05, 0.1) is 23.8 Å². The average Bonchev–Trinajstić information content (AvgIpc) is 2.89. The zero-order valence-corrected chi connectivity index (χ0v) is 13.3. The smallest absolute Gasteiger partial charge is 0.0951 e. The van der Waals surface area contributed by atoms with Gasteiger partial charge in [0.1, 0.15) is 0 Å². The van der Waals surface area contributed by atoms with Crippen LogP contribution < -0.4 is 5.73 Å². The van der Waals surface area contributed by atoms with Crippen LogP contribution in [0.15, 0.2) is 30.7 Å². The summed E-state index contributed by atoms with van der Waals surface area (Å²) in [6.07, 6.45) is 3.79. The Morgan fingerprint density at radius 2 is 2.10 bits per heavy atom. The van der Waals surface area contributed by atoms with Crippen LogP contribution in [0, 0.1) is 6.92 Å². The number of pyridine rings is 1. The van der Waals surface area contributed by atoms with E-state index in [1.54, 1.807) is 0 Å². The lowest BCUT2D eigenvalue weighted by atomic mass is 10.1. The van der Waals surface area contributed by atoms with Gasteiger partial charge in [-0.25, -0.2) is 4.98 Å². The van der Waals surface area contributed by atoms with Crippen molar-refractivity contribution in [2.75, 3.05) is 13.6 Å². The van der Waals surface area contributed by atoms with Gasteiger partial charge < -0.3 is 10.3 Å². The lowest BCUT2D eigenvalue weighted by molar-refractivity contribution is 0.228. The minimum Gasteiger partial charge on any atom is -0.331 e. The molecule has 21 heavy (non-hydrogen) atoms. The van der Waals surface area contributed by atoms with Gasteiger partial charge in [0.15, 0.2) is 0 Å². The van der Waals surface area contributed by atoms with Crippen LogP contribution in [0.5, 0.6) is 0 Å². The molecule has 0 aliphatic heterocycles. The summed E-state index contributed by atoms with van der Waals surface area (Å²) in [6, 6.07) is 6.62. The Labute approximate surface area is 126 Å². The number of nitrogens with two attached hydrogens (primary N) is 1. The lowest BCUT2D eigenvalue weighted by Gasteiger charge is -2.28. The Hall–Kier alpha value is -1.72. The summed E-state index contributed by atoms with van der Waals surface area (Å²) in [6.45, 7) is 7.65. The van der Waals surface area contributed by atoms with Gasteiger partial charge >= 0.3 is 0 Å². The molecule has 0 saturated carbocycles. The number of hydrogen-bond acceptors (Lipinski definition) is 4. The number of aromatic nitrogens is 3. The Morgan fingerprint density at radius 1 is 1.33 bits per heavy atom. The minimum atomic E-state index is 0.136. The Kier molecular flexibility index (Phi) is 5.09. The highest BCUT2D eigenvalue weighted by atomic mass is 15.2. The summed E-state index contributed by atoms with van der Waals surface area (Å²) in [7, 11) is 2.08. The van der Waals surface area contributed by atoms with E-state index >= 15 is 0 Å². The highest BCUT2D eigenvalue weighted by molar-refractivity contribution is 5.12. The van der Waals surface area contributed by atoms with Crippen LogP contribution in [0.3, 0.4) is 0 Å². The molecule has 0 bridgehead atoms. The van der Waals surface area contributed by atoms with Crippen molar-refractivity contribution in [3.63, 3.8) is 0 Å². The maximum Gasteiger partial charge on any atom is 0.0951 e. The molecular formula is C16H25N5. The van der Waals surface area contributed by atoms with E-state index in [-0.39, 0.29) is 6.04 Å². The van der Waals surface area contributed by atoms with Crippen LogP contribution in [-0.4, -0.2) is 33.0 Å². The molecule has 5 heteroatoms. The highest BCUT2D eigenvalue weighted by Crippen LogP contribution is 2.22. The van der Waals surface area contributed by atoms with Crippen LogP contribution in [0.25, 0.3) is 0 Å². The van der Waals surface area contributed by atoms with E-state index in [0.29, 0.717) is 12.6 Å². The van der Waals surface area contributed by atoms with Crippen molar-refractivity contribution in [3.05, 3.63) is 47.8 Å². The predicted molar refractivity (Wildman–Crippen MR) is 84.8 cm³/mol. The van der Waals surface area contributed by atoms with Crippen molar-refractivity contribution in [1.82, 2.24) is 19.4 Å². The number of nitrogens with zero attached hydrogens (tertiary/aromatic N) is 4. The van der Waals surface area contributed by atoms with Gasteiger partial charge in [-0.1, -0.05) is 6.07 Å². The summed E-state index contributed by atoms with van der Waals surface area (Å²) in [5, 5.41) is 0. The molecule has 0 aliphatic carbocycles. The fraction of sp³-hybridized carbons (Fsp3) is 0.500. The SMILES string of the molecule is Cc1cccc(CN(C)C(CN)c2cncn2C(C)C)n1. The monoisotopic (exact) mass is 287 g/mol. The van der Waals surface area contributed by atoms with E-state index < -0.39 is 0 Å². The van der Waals surface area contributed by atoms with Gasteiger partial charge in [-0.15, -0.1) is 0 Å². The molecule has 1 atom stereocenters. The first kappa shape index (κ1) is 15.7. The average molecular weight is 287 g/mol. The maximum absolute atomic E-state index is 6.01. The zero-order chi connectivity index (χ0) is 15.4. The molecule has 2 heterocycles. The summed E-state index contributed by atoms with van der Waals surface area (Å²) in [5.41, 5.74) is 9.27. The topological polar surface area (TPSA) is 60.0 Å². The molecule has 0 fully saturated rings. The minimum absolute atomic E-state index is 0.136. The van der Waals surface area contributed by atoms with Gasteiger partial charge in [0, 0.05) is 31.0 Å². The van der Waals surface area contributed by atoms with Crippen LogP contribution in [0.1, 0.15) is 43.0 Å². The molecule has 114 valence electrons. The number of imidazole rings is 1. The first-order valence-corrected chi connectivity index (χ1v) is 7.37. The molecule has 0 amide bonds. The Balaban J connectivity index is 2.18. The van der Waals surface area contributed by atoms with E-state index in [2.05, 4.69) is 46.4 Å². The predicted octanol–water partition coefficient (Wildman–Crippen LogP) is 2.30. The molecule has 2 aromatic rings. The third-order valence-corrected chi connectivity index (χ3v) is 3.71. The van der Waals surface area contributed by atoms with Gasteiger partial charge in [-0.3, -0.25) is 9.88 Å². The molecule has 0 aliphatic rings. The quantitative estimate of drug-likeness (QED) is 0.885. The van der Waals surface area contributed by atoms with Crippen LogP contribution in [0.4, 0.5) is 0 Å². The molecule has 0 spiro atoms. The summed E-state index contributed by atoms with van der Waals surface area (Å²) in [4.78, 5) is 11.1. The van der Waals surface area contributed by atoms with Crippen molar-refractivity contribution in [1.29, 1.82) is 0 Å². The number of likely N-dealkylation sites (N-methyl/N-ethyl adjacent to an activating group) is 1. The van der Waals surface area contributed by atoms with Crippen LogP contribution in [-0.2, 0) is 6.54 Å². The van der Waals surface area contributed by atoms with E-state index in [0.717, 1.165) is 23.6 Å². The van der Waals surface area contributed by atoms with E-state index in [1.165, 1.54) is 0 Å². The van der Waals surface area contributed by atoms with Crippen molar-refractivity contribution in [2.24, 2.45) is 5.73 Å². The number of aryl methyl sites for hydroxylation is 1. The van der Waals surface area contributed by atoms with Gasteiger partial charge in [0.25, 0.3) is 0 Å². The van der Waals surface area contributed by atoms with Gasteiger partial charge in [0.2, 0.25) is 0 Å². The van der Waals surface area contributed by atoms with Crippen molar-refractivity contribution in [3.8, 4) is 0 Å². The fourth-order valence-electron chi connectivity index (χ4n) is 2.58. The van der Waals surface area contributed by atoms with E-state index in [1.807, 2.05) is 31.6 Å². The molecule has 0 saturated heterocycles. The standard InChI is InChI=1S/C16H25N5/c1-12(2)21-11-18-9-16(21)15(8-17)20(4)10-14-7-5-6-13(3)19-14/h5-7,9,11-12,15H,8,10,17H2,1-4H3. The summed E-state index contributed by atoms with van der Waals surface area (Å²) < 4.78 is 2.18. The second-order valence-corrected chi connectivity index (χ2v) is 5.76. The number of hydrogen-bond donors (Lipinski definition) is 1. The lowest BCUT2D eigenvalue weighted by Crippen LogP contribution is -2.32. The highest BCUT2D eigenvalue weighted by Gasteiger charge is 2.20. The van der Waals surface area contributed by atoms with E-state index in [4.69, 9.17) is 5.73 Å². The van der Waals surface area contributed by atoms with Crippen molar-refractivity contribution >= 4 is 0 Å². The Bertz CT molecular complexity index is 576. The van der Waals surface area contributed by atoms with Crippen molar-refractivity contribution in [2.45, 2.75) is 39.4 Å². The Morgan fingerprint density at radius 3 is 2.71 bits per heavy atom. The second-order valence-electron chi connectivity index (χ2n) is 5.76. The molecule has 2 N–H and O–H groups in total. The summed E-state index contributed by atoms with van der Waals surface area (Å²) in [5.74, 6) is 0. The maximum atomic E-state index is 6.01. The molecule has 2 rings (SSSR count). The van der Waals surface area contributed by atoms with Crippen LogP contribution >= 0.6 is 0 Å². The third-order valence-electron chi connectivity index (χ3n) is 3.71. The fourth-order valence-corrected chi connectivity index (χ4v) is 2.58. The molecule has 0 aromatic carbocycles. The molecular weight excluding hydrogens is 262 g/mol. The van der Waals surface area contributed by atoms with Crippen molar-refractivity contribution < 1.29 is 0 Å². The van der Waals surface area contributed by atoms with E-state index in [9.17, 15) is 0 Å². The first-order chi connectivity index (χ1) is 10.0. The van der Waals surface area contributed by atoms with Gasteiger partial charge in [-0.05, 0) is 40.0 Å². The zero-order valence-electron chi connectivity index (χ0n) is 13.3. The van der Waals surface area contributed by atoms with Gasteiger partial charge in [-0.2, -0.15) is 0 Å². The summed E-state index contributed by atoms with van der Waals surface area (Å²) >= 11 is 0. The molecule has 5 nitrogen and oxygen atoms in total. The molecule has 2 aromatic heterocycles. The second kappa shape index (κ2) is 6.83. The molecule has 0 radical (unpaired) electrons. The van der Waals surface area contributed by atoms with Crippen LogP contribution in [0.2, 0.25) is 0 Å². The molecule has 1 unspecified atom stereocenters.